The zero-order valence-electron chi connectivity index (χ0n) is 9.75. The zero-order valence-corrected chi connectivity index (χ0v) is 9.75. The van der Waals surface area contributed by atoms with Gasteiger partial charge in [-0.1, -0.05) is 12.1 Å². The van der Waals surface area contributed by atoms with E-state index in [0.29, 0.717) is 17.9 Å². The minimum atomic E-state index is -0.334. The lowest BCUT2D eigenvalue weighted by molar-refractivity contribution is 0.180. The molecule has 16 heavy (non-hydrogen) atoms. The van der Waals surface area contributed by atoms with E-state index in [1.807, 2.05) is 6.07 Å². The highest BCUT2D eigenvalue weighted by molar-refractivity contribution is 5.39. The van der Waals surface area contributed by atoms with Crippen LogP contribution in [-0.4, -0.2) is 20.8 Å². The van der Waals surface area contributed by atoms with Crippen molar-refractivity contribution in [3.05, 3.63) is 29.1 Å². The van der Waals surface area contributed by atoms with Crippen molar-refractivity contribution >= 4 is 0 Å². The van der Waals surface area contributed by atoms with Gasteiger partial charge in [-0.2, -0.15) is 0 Å². The molecule has 0 saturated heterocycles. The fraction of sp³-hybridized carbons (Fsp3) is 0.500. The molecule has 90 valence electrons. The van der Waals surface area contributed by atoms with Crippen molar-refractivity contribution in [1.29, 1.82) is 0 Å². The summed E-state index contributed by atoms with van der Waals surface area (Å²) in [6.45, 7) is 0.837. The van der Waals surface area contributed by atoms with Gasteiger partial charge in [-0.05, 0) is 24.9 Å². The van der Waals surface area contributed by atoms with Crippen molar-refractivity contribution in [3.8, 4) is 5.75 Å². The molecule has 0 aliphatic heterocycles. The van der Waals surface area contributed by atoms with Crippen molar-refractivity contribution < 1.29 is 13.9 Å². The Hall–Kier alpha value is -1.13. The first-order valence-corrected chi connectivity index (χ1v) is 5.27. The number of ether oxygens (including phenoxy) is 2. The highest BCUT2D eigenvalue weighted by Crippen LogP contribution is 2.27. The largest absolute Gasteiger partial charge is 0.493 e. The third-order valence-corrected chi connectivity index (χ3v) is 2.41. The second-order valence-electron chi connectivity index (χ2n) is 3.56. The minimum absolute atomic E-state index is 0.249. The Morgan fingerprint density at radius 2 is 1.94 bits per heavy atom. The van der Waals surface area contributed by atoms with Crippen LogP contribution in [0.3, 0.4) is 0 Å². The Morgan fingerprint density at radius 1 is 1.25 bits per heavy atom. The number of rotatable bonds is 6. The number of nitrogens with two attached hydrogens (primary N) is 1. The van der Waals surface area contributed by atoms with Gasteiger partial charge in [-0.15, -0.1) is 0 Å². The summed E-state index contributed by atoms with van der Waals surface area (Å²) >= 11 is 0. The van der Waals surface area contributed by atoms with Crippen LogP contribution < -0.4 is 10.5 Å². The van der Waals surface area contributed by atoms with E-state index in [1.165, 1.54) is 14.2 Å². The van der Waals surface area contributed by atoms with Gasteiger partial charge < -0.3 is 15.2 Å². The van der Waals surface area contributed by atoms with Gasteiger partial charge in [0.1, 0.15) is 0 Å². The van der Waals surface area contributed by atoms with Crippen LogP contribution >= 0.6 is 0 Å². The van der Waals surface area contributed by atoms with E-state index < -0.39 is 0 Å². The molecule has 0 atom stereocenters. The van der Waals surface area contributed by atoms with E-state index in [1.54, 1.807) is 6.07 Å². The summed E-state index contributed by atoms with van der Waals surface area (Å²) in [5.41, 5.74) is 6.79. The fourth-order valence-electron chi connectivity index (χ4n) is 1.61. The summed E-state index contributed by atoms with van der Waals surface area (Å²) in [7, 11) is 3.01. The van der Waals surface area contributed by atoms with Crippen LogP contribution in [-0.2, 0) is 17.8 Å². The van der Waals surface area contributed by atoms with E-state index in [0.717, 1.165) is 18.4 Å². The third kappa shape index (κ3) is 2.93. The summed E-state index contributed by atoms with van der Waals surface area (Å²) in [6, 6.07) is 3.60. The van der Waals surface area contributed by atoms with Gasteiger partial charge in [0.05, 0.1) is 13.7 Å². The van der Waals surface area contributed by atoms with Crippen molar-refractivity contribution in [1.82, 2.24) is 0 Å². The molecular formula is C12H18FNO2. The Morgan fingerprint density at radius 3 is 2.50 bits per heavy atom. The molecule has 1 aromatic rings. The third-order valence-electron chi connectivity index (χ3n) is 2.41. The molecule has 0 amide bonds. The lowest BCUT2D eigenvalue weighted by atomic mass is 10.1. The molecule has 0 unspecified atom stereocenters. The van der Waals surface area contributed by atoms with E-state index >= 15 is 0 Å². The number of halogens is 1. The molecule has 2 N–H and O–H groups in total. The average molecular weight is 227 g/mol. The summed E-state index contributed by atoms with van der Waals surface area (Å²) in [6.07, 6.45) is 1.54. The van der Waals surface area contributed by atoms with E-state index in [4.69, 9.17) is 15.2 Å². The van der Waals surface area contributed by atoms with Gasteiger partial charge in [0.2, 0.25) is 0 Å². The zero-order chi connectivity index (χ0) is 12.0. The van der Waals surface area contributed by atoms with Crippen molar-refractivity contribution in [2.45, 2.75) is 19.4 Å². The Labute approximate surface area is 95.4 Å². The number of benzene rings is 1. The van der Waals surface area contributed by atoms with E-state index in [-0.39, 0.29) is 12.4 Å². The SMILES string of the molecule is COCc1ccc(CCCN)c(OC)c1F. The van der Waals surface area contributed by atoms with Gasteiger partial charge in [0.15, 0.2) is 11.6 Å². The highest BCUT2D eigenvalue weighted by Gasteiger charge is 2.13. The average Bonchev–Trinajstić information content (AvgIpc) is 2.30. The van der Waals surface area contributed by atoms with Crippen LogP contribution in [0.1, 0.15) is 17.5 Å². The van der Waals surface area contributed by atoms with Crippen LogP contribution in [0.2, 0.25) is 0 Å². The molecular weight excluding hydrogens is 209 g/mol. The summed E-state index contributed by atoms with van der Waals surface area (Å²) in [4.78, 5) is 0. The second kappa shape index (κ2) is 6.45. The predicted molar refractivity (Wildman–Crippen MR) is 61.0 cm³/mol. The number of hydrogen-bond donors (Lipinski definition) is 1. The van der Waals surface area contributed by atoms with Crippen molar-refractivity contribution in [2.24, 2.45) is 5.73 Å². The monoisotopic (exact) mass is 227 g/mol. The Bertz CT molecular complexity index is 342. The lowest BCUT2D eigenvalue weighted by Crippen LogP contribution is -2.04. The second-order valence-corrected chi connectivity index (χ2v) is 3.56. The normalized spacial score (nSPS) is 10.5. The highest BCUT2D eigenvalue weighted by atomic mass is 19.1. The topological polar surface area (TPSA) is 44.5 Å². The van der Waals surface area contributed by atoms with E-state index in [2.05, 4.69) is 0 Å². The first kappa shape index (κ1) is 12.9. The summed E-state index contributed by atoms with van der Waals surface area (Å²) in [5, 5.41) is 0. The molecule has 0 bridgehead atoms. The predicted octanol–water partition coefficient (Wildman–Crippen LogP) is 1.87. The first-order chi connectivity index (χ1) is 7.74. The number of methoxy groups -OCH3 is 2. The Balaban J connectivity index is 2.98. The molecule has 0 aliphatic carbocycles. The van der Waals surface area contributed by atoms with Gasteiger partial charge in [-0.3, -0.25) is 0 Å². The standard InChI is InChI=1S/C12H18FNO2/c1-15-8-10-6-5-9(4-3-7-14)12(16-2)11(10)13/h5-6H,3-4,7-8,14H2,1-2H3. The maximum Gasteiger partial charge on any atom is 0.170 e. The molecule has 4 heteroatoms. The fourth-order valence-corrected chi connectivity index (χ4v) is 1.61. The number of hydrogen-bond acceptors (Lipinski definition) is 3. The first-order valence-electron chi connectivity index (χ1n) is 5.27. The van der Waals surface area contributed by atoms with Crippen molar-refractivity contribution in [2.75, 3.05) is 20.8 Å². The quantitative estimate of drug-likeness (QED) is 0.807. The van der Waals surface area contributed by atoms with Crippen LogP contribution in [0.5, 0.6) is 5.75 Å². The summed E-state index contributed by atoms with van der Waals surface area (Å²) in [5.74, 6) is -0.0260. The van der Waals surface area contributed by atoms with Gasteiger partial charge in [0.25, 0.3) is 0 Å². The molecule has 0 aliphatic rings. The van der Waals surface area contributed by atoms with Crippen LogP contribution in [0.4, 0.5) is 4.39 Å². The van der Waals surface area contributed by atoms with Crippen LogP contribution in [0.25, 0.3) is 0 Å². The molecule has 1 rings (SSSR count). The molecule has 0 heterocycles. The lowest BCUT2D eigenvalue weighted by Gasteiger charge is -2.12. The molecule has 0 fully saturated rings. The maximum absolute atomic E-state index is 13.9. The van der Waals surface area contributed by atoms with Crippen LogP contribution in [0.15, 0.2) is 12.1 Å². The van der Waals surface area contributed by atoms with Crippen LogP contribution in [0, 0.1) is 5.82 Å². The molecule has 0 saturated carbocycles. The number of aryl methyl sites for hydroxylation is 1. The maximum atomic E-state index is 13.9. The van der Waals surface area contributed by atoms with Gasteiger partial charge in [-0.25, -0.2) is 4.39 Å². The summed E-state index contributed by atoms with van der Waals surface area (Å²) < 4.78 is 23.9. The van der Waals surface area contributed by atoms with Crippen molar-refractivity contribution in [3.63, 3.8) is 0 Å². The molecule has 3 nitrogen and oxygen atoms in total. The van der Waals surface area contributed by atoms with E-state index in [9.17, 15) is 4.39 Å². The smallest absolute Gasteiger partial charge is 0.170 e. The van der Waals surface area contributed by atoms with Gasteiger partial charge in [0, 0.05) is 12.7 Å². The van der Waals surface area contributed by atoms with Gasteiger partial charge >= 0.3 is 0 Å². The molecule has 1 aromatic carbocycles. The molecule has 0 aromatic heterocycles. The Kier molecular flexibility index (Phi) is 5.22. The minimum Gasteiger partial charge on any atom is -0.493 e. The molecule has 0 radical (unpaired) electrons. The molecule has 0 spiro atoms.